The van der Waals surface area contributed by atoms with Crippen LogP contribution in [0.25, 0.3) is 11.2 Å². The molecule has 4 nitrogen and oxygen atoms in total. The number of rotatable bonds is 2. The summed E-state index contributed by atoms with van der Waals surface area (Å²) in [6, 6.07) is 4.04. The molecule has 2 unspecified atom stereocenters. The third-order valence-electron chi connectivity index (χ3n) is 4.39. The molecule has 2 aliphatic rings. The molecule has 2 aliphatic heterocycles. The summed E-state index contributed by atoms with van der Waals surface area (Å²) < 4.78 is 8.37. The average Bonchev–Trinajstić information content (AvgIpc) is 2.96. The quantitative estimate of drug-likeness (QED) is 0.838. The van der Waals surface area contributed by atoms with Gasteiger partial charge < -0.3 is 4.74 Å². The molecule has 0 bridgehead atoms. The molecule has 0 aliphatic carbocycles. The fourth-order valence-corrected chi connectivity index (χ4v) is 4.66. The van der Waals surface area contributed by atoms with Gasteiger partial charge in [0.05, 0.1) is 5.37 Å². The van der Waals surface area contributed by atoms with Crippen LogP contribution in [-0.2, 0) is 4.74 Å². The average molecular weight is 303 g/mol. The second-order valence-electron chi connectivity index (χ2n) is 5.86. The summed E-state index contributed by atoms with van der Waals surface area (Å²) in [5, 5.41) is 0.471. The van der Waals surface area contributed by atoms with Gasteiger partial charge >= 0.3 is 0 Å². The second kappa shape index (κ2) is 5.97. The van der Waals surface area contributed by atoms with E-state index in [1.165, 1.54) is 37.9 Å². The first-order valence-electron chi connectivity index (χ1n) is 7.99. The fourth-order valence-electron chi connectivity index (χ4n) is 3.33. The van der Waals surface area contributed by atoms with Crippen LogP contribution in [0.1, 0.15) is 55.8 Å². The molecule has 5 heteroatoms. The van der Waals surface area contributed by atoms with Crippen LogP contribution in [0.5, 0.6) is 0 Å². The van der Waals surface area contributed by atoms with Crippen LogP contribution in [0.4, 0.5) is 0 Å². The molecule has 0 amide bonds. The number of ether oxygens (including phenoxy) is 1. The molecule has 0 aromatic carbocycles. The van der Waals surface area contributed by atoms with Gasteiger partial charge in [0.15, 0.2) is 5.65 Å². The highest BCUT2D eigenvalue weighted by Crippen LogP contribution is 2.39. The molecule has 2 saturated heterocycles. The number of pyridine rings is 1. The van der Waals surface area contributed by atoms with Crippen molar-refractivity contribution in [1.82, 2.24) is 14.5 Å². The first kappa shape index (κ1) is 13.6. The van der Waals surface area contributed by atoms with Crippen molar-refractivity contribution in [2.45, 2.75) is 50.0 Å². The highest BCUT2D eigenvalue weighted by molar-refractivity contribution is 7.99. The van der Waals surface area contributed by atoms with Gasteiger partial charge in [-0.05, 0) is 56.4 Å². The van der Waals surface area contributed by atoms with Crippen molar-refractivity contribution in [3.63, 3.8) is 0 Å². The summed E-state index contributed by atoms with van der Waals surface area (Å²) in [6.07, 6.45) is 9.36. The van der Waals surface area contributed by atoms with Crippen molar-refractivity contribution in [3.05, 3.63) is 24.2 Å². The Bertz CT molecular complexity index is 615. The van der Waals surface area contributed by atoms with Crippen molar-refractivity contribution in [1.29, 1.82) is 0 Å². The maximum absolute atomic E-state index is 6.00. The largest absolute Gasteiger partial charge is 0.370 e. The molecular weight excluding hydrogens is 282 g/mol. The second-order valence-corrected chi connectivity index (χ2v) is 7.15. The Labute approximate surface area is 129 Å². The molecule has 4 rings (SSSR count). The van der Waals surface area contributed by atoms with Crippen molar-refractivity contribution in [2.24, 2.45) is 0 Å². The minimum Gasteiger partial charge on any atom is -0.370 e. The lowest BCUT2D eigenvalue weighted by molar-refractivity contribution is 0.00744. The monoisotopic (exact) mass is 303 g/mol. The zero-order chi connectivity index (χ0) is 14.1. The van der Waals surface area contributed by atoms with Crippen LogP contribution in [-0.4, -0.2) is 26.9 Å². The molecule has 0 spiro atoms. The predicted molar refractivity (Wildman–Crippen MR) is 85.4 cm³/mol. The number of imidazole rings is 1. The highest BCUT2D eigenvalue weighted by atomic mass is 32.2. The SMILES string of the molecule is c1cnc2c(c1)nc(C1CCCCO1)n2C1CCCCS1. The summed E-state index contributed by atoms with van der Waals surface area (Å²) in [4.78, 5) is 9.48. The van der Waals surface area contributed by atoms with Gasteiger partial charge in [-0.25, -0.2) is 9.97 Å². The van der Waals surface area contributed by atoms with Crippen molar-refractivity contribution >= 4 is 22.9 Å². The van der Waals surface area contributed by atoms with Crippen molar-refractivity contribution < 1.29 is 4.74 Å². The standard InChI is InChI=1S/C16H21N3OS/c1-3-10-20-13(7-1)16-18-12-6-5-9-17-15(12)19(16)14-8-2-4-11-21-14/h5-6,9,13-14H,1-4,7-8,10-11H2. The summed E-state index contributed by atoms with van der Waals surface area (Å²) in [5.41, 5.74) is 2.04. The van der Waals surface area contributed by atoms with Gasteiger partial charge in [-0.1, -0.05) is 0 Å². The Hall–Kier alpha value is -1.07. The third-order valence-corrected chi connectivity index (χ3v) is 5.74. The van der Waals surface area contributed by atoms with E-state index in [9.17, 15) is 0 Å². The van der Waals surface area contributed by atoms with Gasteiger partial charge in [-0.3, -0.25) is 4.57 Å². The van der Waals surface area contributed by atoms with Crippen LogP contribution < -0.4 is 0 Å². The van der Waals surface area contributed by atoms with Gasteiger partial charge in [0.25, 0.3) is 0 Å². The lowest BCUT2D eigenvalue weighted by Gasteiger charge is -2.28. The minimum atomic E-state index is 0.149. The molecular formula is C16H21N3OS. The van der Waals surface area contributed by atoms with E-state index in [4.69, 9.17) is 9.72 Å². The zero-order valence-electron chi connectivity index (χ0n) is 12.2. The van der Waals surface area contributed by atoms with E-state index in [-0.39, 0.29) is 6.10 Å². The lowest BCUT2D eigenvalue weighted by atomic mass is 10.1. The lowest BCUT2D eigenvalue weighted by Crippen LogP contribution is -2.20. The highest BCUT2D eigenvalue weighted by Gasteiger charge is 2.28. The summed E-state index contributed by atoms with van der Waals surface area (Å²) in [7, 11) is 0. The van der Waals surface area contributed by atoms with Crippen LogP contribution in [0.15, 0.2) is 18.3 Å². The van der Waals surface area contributed by atoms with Crippen LogP contribution in [0.2, 0.25) is 0 Å². The van der Waals surface area contributed by atoms with Crippen molar-refractivity contribution in [2.75, 3.05) is 12.4 Å². The van der Waals surface area contributed by atoms with Crippen LogP contribution in [0, 0.1) is 0 Å². The number of hydrogen-bond donors (Lipinski definition) is 0. The summed E-state index contributed by atoms with van der Waals surface area (Å²) >= 11 is 2.04. The normalized spacial score (nSPS) is 27.0. The van der Waals surface area contributed by atoms with E-state index in [1.807, 2.05) is 24.0 Å². The van der Waals surface area contributed by atoms with Crippen LogP contribution >= 0.6 is 11.8 Å². The van der Waals surface area contributed by atoms with E-state index in [0.29, 0.717) is 5.37 Å². The molecule has 21 heavy (non-hydrogen) atoms. The van der Waals surface area contributed by atoms with E-state index < -0.39 is 0 Å². The first-order valence-corrected chi connectivity index (χ1v) is 9.04. The van der Waals surface area contributed by atoms with Gasteiger partial charge in [0.1, 0.15) is 17.4 Å². The number of hydrogen-bond acceptors (Lipinski definition) is 4. The summed E-state index contributed by atoms with van der Waals surface area (Å²) in [5.74, 6) is 2.34. The molecule has 2 atom stereocenters. The Kier molecular flexibility index (Phi) is 3.86. The minimum absolute atomic E-state index is 0.149. The third kappa shape index (κ3) is 2.57. The molecule has 0 radical (unpaired) electrons. The Morgan fingerprint density at radius 2 is 2.14 bits per heavy atom. The molecule has 4 heterocycles. The summed E-state index contributed by atoms with van der Waals surface area (Å²) in [6.45, 7) is 0.860. The maximum atomic E-state index is 6.00. The Morgan fingerprint density at radius 1 is 1.19 bits per heavy atom. The van der Waals surface area contributed by atoms with Gasteiger partial charge in [0.2, 0.25) is 0 Å². The molecule has 0 saturated carbocycles. The molecule has 0 N–H and O–H groups in total. The molecule has 2 aromatic rings. The van der Waals surface area contributed by atoms with Crippen LogP contribution in [0.3, 0.4) is 0 Å². The molecule has 2 fully saturated rings. The number of nitrogens with zero attached hydrogens (tertiary/aromatic N) is 3. The van der Waals surface area contributed by atoms with Gasteiger partial charge in [-0.15, -0.1) is 11.8 Å². The topological polar surface area (TPSA) is 39.9 Å². The smallest absolute Gasteiger partial charge is 0.161 e. The number of thioether (sulfide) groups is 1. The molecule has 2 aromatic heterocycles. The number of fused-ring (bicyclic) bond motifs is 1. The van der Waals surface area contributed by atoms with E-state index in [1.54, 1.807) is 0 Å². The maximum Gasteiger partial charge on any atom is 0.161 e. The Balaban J connectivity index is 1.79. The fraction of sp³-hybridized carbons (Fsp3) is 0.625. The zero-order valence-corrected chi connectivity index (χ0v) is 13.0. The molecule has 112 valence electrons. The van der Waals surface area contributed by atoms with E-state index in [0.717, 1.165) is 30.0 Å². The number of aromatic nitrogens is 3. The first-order chi connectivity index (χ1) is 10.4. The van der Waals surface area contributed by atoms with E-state index >= 15 is 0 Å². The Morgan fingerprint density at radius 3 is 2.95 bits per heavy atom. The predicted octanol–water partition coefficient (Wildman–Crippen LogP) is 4.09. The van der Waals surface area contributed by atoms with E-state index in [2.05, 4.69) is 15.6 Å². The van der Waals surface area contributed by atoms with Crippen molar-refractivity contribution in [3.8, 4) is 0 Å². The van der Waals surface area contributed by atoms with Gasteiger partial charge in [0, 0.05) is 12.8 Å². The van der Waals surface area contributed by atoms with Gasteiger partial charge in [-0.2, -0.15) is 0 Å².